The molecule has 0 amide bonds. The predicted octanol–water partition coefficient (Wildman–Crippen LogP) is 7.35. The summed E-state index contributed by atoms with van der Waals surface area (Å²) in [5, 5.41) is 0. The molecule has 0 atom stereocenters. The fourth-order valence-corrected chi connectivity index (χ4v) is 4.32. The lowest BCUT2D eigenvalue weighted by Gasteiger charge is -2.25. The Balaban J connectivity index is 1.67. The van der Waals surface area contributed by atoms with Crippen molar-refractivity contribution in [3.63, 3.8) is 0 Å². The van der Waals surface area contributed by atoms with Crippen LogP contribution in [0.25, 0.3) is 10.4 Å². The second-order valence-corrected chi connectivity index (χ2v) is 9.48. The molecule has 34 heavy (non-hydrogen) atoms. The largest absolute Gasteiger partial charge is 0.488 e. The number of carbonyl (C=O) groups is 1. The summed E-state index contributed by atoms with van der Waals surface area (Å²) in [5.41, 5.74) is 0.762. The number of carbonyl (C=O) groups excluding carboxylic acids is 1. The van der Waals surface area contributed by atoms with E-state index in [0.29, 0.717) is 18.1 Å². The van der Waals surface area contributed by atoms with Gasteiger partial charge in [0.25, 0.3) is 0 Å². The van der Waals surface area contributed by atoms with Crippen LogP contribution in [-0.2, 0) is 22.3 Å². The standard InChI is InChI=1S/C26H27F3O4S/c1-6-31-24(30)25(4,5)33-21-12-11-20(13-16(21)2)32-15-23-17(3)14-22(34-23)18-7-9-19(10-8-18)26(27,28)29/h7-14H,6,15H2,1-5H3. The van der Waals surface area contributed by atoms with Crippen LogP contribution in [0.2, 0.25) is 0 Å². The number of esters is 1. The van der Waals surface area contributed by atoms with Gasteiger partial charge in [0.2, 0.25) is 0 Å². The van der Waals surface area contributed by atoms with Crippen molar-refractivity contribution < 1.29 is 32.2 Å². The van der Waals surface area contributed by atoms with Crippen LogP contribution in [0.3, 0.4) is 0 Å². The molecule has 0 aliphatic heterocycles. The summed E-state index contributed by atoms with van der Waals surface area (Å²) < 4.78 is 55.3. The van der Waals surface area contributed by atoms with Gasteiger partial charge >= 0.3 is 12.1 Å². The smallest absolute Gasteiger partial charge is 0.416 e. The zero-order valence-corrected chi connectivity index (χ0v) is 20.5. The van der Waals surface area contributed by atoms with E-state index in [4.69, 9.17) is 14.2 Å². The van der Waals surface area contributed by atoms with Gasteiger partial charge in [0, 0.05) is 9.75 Å². The summed E-state index contributed by atoms with van der Waals surface area (Å²) in [5.74, 6) is 0.761. The third-order valence-corrected chi connectivity index (χ3v) is 6.43. The maximum atomic E-state index is 12.8. The second-order valence-electron chi connectivity index (χ2n) is 8.34. The molecule has 1 aromatic heterocycles. The van der Waals surface area contributed by atoms with Gasteiger partial charge in [-0.2, -0.15) is 13.2 Å². The van der Waals surface area contributed by atoms with Gasteiger partial charge in [0.15, 0.2) is 5.60 Å². The van der Waals surface area contributed by atoms with Crippen molar-refractivity contribution in [3.05, 3.63) is 70.1 Å². The highest BCUT2D eigenvalue weighted by atomic mass is 32.1. The van der Waals surface area contributed by atoms with E-state index >= 15 is 0 Å². The van der Waals surface area contributed by atoms with E-state index in [9.17, 15) is 18.0 Å². The molecule has 0 saturated carbocycles. The Kier molecular flexibility index (Phi) is 7.60. The Morgan fingerprint density at radius 3 is 2.24 bits per heavy atom. The average molecular weight is 493 g/mol. The Labute approximate surface area is 201 Å². The van der Waals surface area contributed by atoms with Crippen molar-refractivity contribution >= 4 is 17.3 Å². The average Bonchev–Trinajstić information content (AvgIpc) is 3.14. The minimum atomic E-state index is -4.35. The van der Waals surface area contributed by atoms with Crippen LogP contribution in [0.5, 0.6) is 11.5 Å². The van der Waals surface area contributed by atoms with E-state index in [1.54, 1.807) is 32.9 Å². The van der Waals surface area contributed by atoms with Gasteiger partial charge in [-0.25, -0.2) is 4.79 Å². The minimum absolute atomic E-state index is 0.278. The third kappa shape index (κ3) is 6.11. The van der Waals surface area contributed by atoms with E-state index in [0.717, 1.165) is 38.6 Å². The van der Waals surface area contributed by atoms with Crippen molar-refractivity contribution in [1.82, 2.24) is 0 Å². The highest BCUT2D eigenvalue weighted by Gasteiger charge is 2.32. The Morgan fingerprint density at radius 1 is 0.971 bits per heavy atom. The first-order valence-electron chi connectivity index (χ1n) is 10.8. The lowest BCUT2D eigenvalue weighted by molar-refractivity contribution is -0.158. The SMILES string of the molecule is CCOC(=O)C(C)(C)Oc1ccc(OCc2sc(-c3ccc(C(F)(F)F)cc3)cc2C)cc1C. The highest BCUT2D eigenvalue weighted by molar-refractivity contribution is 7.15. The number of ether oxygens (including phenoxy) is 3. The molecule has 3 rings (SSSR count). The maximum Gasteiger partial charge on any atom is 0.416 e. The molecule has 0 saturated heterocycles. The summed E-state index contributed by atoms with van der Waals surface area (Å²) in [6, 6.07) is 12.5. The molecule has 3 aromatic rings. The van der Waals surface area contributed by atoms with Crippen molar-refractivity contribution in [1.29, 1.82) is 0 Å². The van der Waals surface area contributed by atoms with Crippen LogP contribution in [0, 0.1) is 13.8 Å². The van der Waals surface area contributed by atoms with E-state index < -0.39 is 23.3 Å². The van der Waals surface area contributed by atoms with Gasteiger partial charge in [-0.1, -0.05) is 12.1 Å². The molecule has 0 fully saturated rings. The van der Waals surface area contributed by atoms with E-state index in [2.05, 4.69) is 0 Å². The first-order chi connectivity index (χ1) is 15.9. The third-order valence-electron chi connectivity index (χ3n) is 5.17. The normalized spacial score (nSPS) is 11.9. The first-order valence-corrected chi connectivity index (χ1v) is 11.6. The number of thiophene rings is 1. The lowest BCUT2D eigenvalue weighted by atomic mass is 10.1. The number of aryl methyl sites for hydroxylation is 2. The van der Waals surface area contributed by atoms with Gasteiger partial charge < -0.3 is 14.2 Å². The molecular formula is C26H27F3O4S. The van der Waals surface area contributed by atoms with Crippen molar-refractivity contribution in [2.24, 2.45) is 0 Å². The molecule has 0 spiro atoms. The summed E-state index contributed by atoms with van der Waals surface area (Å²) in [6.45, 7) is 9.47. The van der Waals surface area contributed by atoms with Gasteiger partial charge in [0.05, 0.1) is 12.2 Å². The summed E-state index contributed by atoms with van der Waals surface area (Å²) in [6.07, 6.45) is -4.35. The number of benzene rings is 2. The quantitative estimate of drug-likeness (QED) is 0.309. The molecule has 0 aliphatic carbocycles. The lowest BCUT2D eigenvalue weighted by Crippen LogP contribution is -2.39. The Bertz CT molecular complexity index is 1150. The maximum absolute atomic E-state index is 12.8. The highest BCUT2D eigenvalue weighted by Crippen LogP contribution is 2.35. The van der Waals surface area contributed by atoms with Gasteiger partial charge in [-0.3, -0.25) is 0 Å². The second kappa shape index (κ2) is 10.1. The van der Waals surface area contributed by atoms with Crippen LogP contribution in [-0.4, -0.2) is 18.2 Å². The molecule has 4 nitrogen and oxygen atoms in total. The van der Waals surface area contributed by atoms with E-state index in [1.807, 2.05) is 26.0 Å². The van der Waals surface area contributed by atoms with Crippen LogP contribution < -0.4 is 9.47 Å². The number of halogens is 3. The molecule has 0 unspecified atom stereocenters. The molecule has 0 aliphatic rings. The van der Waals surface area contributed by atoms with Crippen LogP contribution in [0.4, 0.5) is 13.2 Å². The number of rotatable bonds is 8. The fraction of sp³-hybridized carbons (Fsp3) is 0.346. The monoisotopic (exact) mass is 492 g/mol. The summed E-state index contributed by atoms with van der Waals surface area (Å²) >= 11 is 1.49. The van der Waals surface area contributed by atoms with Crippen LogP contribution >= 0.6 is 11.3 Å². The van der Waals surface area contributed by atoms with Crippen molar-refractivity contribution in [2.75, 3.05) is 6.61 Å². The van der Waals surface area contributed by atoms with Crippen molar-refractivity contribution in [3.8, 4) is 21.9 Å². The molecular weight excluding hydrogens is 465 g/mol. The topological polar surface area (TPSA) is 44.8 Å². The summed E-state index contributed by atoms with van der Waals surface area (Å²) in [4.78, 5) is 13.9. The number of hydrogen-bond donors (Lipinski definition) is 0. The zero-order chi connectivity index (χ0) is 25.1. The Morgan fingerprint density at radius 2 is 1.65 bits per heavy atom. The number of alkyl halides is 3. The molecule has 0 bridgehead atoms. The molecule has 0 radical (unpaired) electrons. The number of hydrogen-bond acceptors (Lipinski definition) is 5. The molecule has 2 aromatic carbocycles. The Hall–Kier alpha value is -3.00. The molecule has 182 valence electrons. The minimum Gasteiger partial charge on any atom is -0.488 e. The van der Waals surface area contributed by atoms with E-state index in [-0.39, 0.29) is 6.61 Å². The predicted molar refractivity (Wildman–Crippen MR) is 126 cm³/mol. The van der Waals surface area contributed by atoms with E-state index in [1.165, 1.54) is 23.5 Å². The molecule has 0 N–H and O–H groups in total. The van der Waals surface area contributed by atoms with Crippen LogP contribution in [0.15, 0.2) is 48.5 Å². The fourth-order valence-electron chi connectivity index (χ4n) is 3.23. The van der Waals surface area contributed by atoms with Crippen LogP contribution in [0.1, 0.15) is 42.3 Å². The van der Waals surface area contributed by atoms with Gasteiger partial charge in [0.1, 0.15) is 18.1 Å². The van der Waals surface area contributed by atoms with Crippen molar-refractivity contribution in [2.45, 2.75) is 53.0 Å². The molecule has 1 heterocycles. The van der Waals surface area contributed by atoms with Gasteiger partial charge in [-0.05, 0) is 87.7 Å². The molecule has 8 heteroatoms. The van der Waals surface area contributed by atoms with Gasteiger partial charge in [-0.15, -0.1) is 11.3 Å². The zero-order valence-electron chi connectivity index (χ0n) is 19.7. The first kappa shape index (κ1) is 25.6. The summed E-state index contributed by atoms with van der Waals surface area (Å²) in [7, 11) is 0.